The fraction of sp³-hybridized carbons (Fsp3) is 1.00. The van der Waals surface area contributed by atoms with Crippen LogP contribution < -0.4 is 0 Å². The Morgan fingerprint density at radius 2 is 1.29 bits per heavy atom. The molecule has 0 amide bonds. The smallest absolute Gasteiger partial charge is 0.223 e. The van der Waals surface area contributed by atoms with Crippen LogP contribution in [0.2, 0.25) is 0 Å². The van der Waals surface area contributed by atoms with E-state index in [0.717, 1.165) is 19.3 Å². The van der Waals surface area contributed by atoms with Gasteiger partial charge in [0, 0.05) is 0 Å². The summed E-state index contributed by atoms with van der Waals surface area (Å²) in [4.78, 5) is 0. The summed E-state index contributed by atoms with van der Waals surface area (Å²) in [6, 6.07) is 0. The summed E-state index contributed by atoms with van der Waals surface area (Å²) in [6.45, 7) is -0.0443. The summed E-state index contributed by atoms with van der Waals surface area (Å²) in [5, 5.41) is 10.1. The molecule has 0 aromatic heterocycles. The first-order valence-corrected chi connectivity index (χ1v) is 6.23. The SMILES string of the molecule is [O]CCCCCCC(Cl)(Cl)C(Cl)(Cl)Cl. The molecule has 0 spiro atoms. The standard InChI is InChI=1S/C8H12Cl5O/c9-7(10,8(11,12)13)5-3-1-2-4-6-14/h1-6H2. The molecule has 0 heterocycles. The Kier molecular flexibility index (Phi) is 7.57. The third-order valence-electron chi connectivity index (χ3n) is 1.80. The van der Waals surface area contributed by atoms with Crippen LogP contribution in [-0.2, 0) is 5.11 Å². The lowest BCUT2D eigenvalue weighted by atomic mass is 10.1. The summed E-state index contributed by atoms with van der Waals surface area (Å²) < 4.78 is -3.02. The van der Waals surface area contributed by atoms with Gasteiger partial charge < -0.3 is 0 Å². The van der Waals surface area contributed by atoms with Crippen molar-refractivity contribution < 1.29 is 5.11 Å². The molecule has 14 heavy (non-hydrogen) atoms. The molecule has 0 saturated heterocycles. The van der Waals surface area contributed by atoms with Gasteiger partial charge in [-0.1, -0.05) is 77.3 Å². The maximum absolute atomic E-state index is 10.1. The van der Waals surface area contributed by atoms with Crippen LogP contribution in [-0.4, -0.2) is 14.7 Å². The number of unbranched alkanes of at least 4 members (excludes halogenated alkanes) is 3. The predicted octanol–water partition coefficient (Wildman–Crippen LogP) is 4.91. The Morgan fingerprint density at radius 3 is 1.71 bits per heavy atom. The van der Waals surface area contributed by atoms with Crippen LogP contribution in [0.15, 0.2) is 0 Å². The van der Waals surface area contributed by atoms with Gasteiger partial charge in [0.05, 0.1) is 6.61 Å². The van der Waals surface area contributed by atoms with Gasteiger partial charge in [-0.15, -0.1) is 0 Å². The van der Waals surface area contributed by atoms with Crippen molar-refractivity contribution in [2.75, 3.05) is 6.61 Å². The highest BCUT2D eigenvalue weighted by molar-refractivity contribution is 6.75. The topological polar surface area (TPSA) is 19.9 Å². The molecule has 6 heteroatoms. The average Bonchev–Trinajstić information content (AvgIpc) is 2.02. The lowest BCUT2D eigenvalue weighted by Gasteiger charge is -2.27. The van der Waals surface area contributed by atoms with Crippen LogP contribution in [0, 0.1) is 0 Å². The average molecular weight is 301 g/mol. The number of hydrogen-bond acceptors (Lipinski definition) is 0. The summed E-state index contributed by atoms with van der Waals surface area (Å²) >= 11 is 28.4. The van der Waals surface area contributed by atoms with E-state index in [2.05, 4.69) is 0 Å². The van der Waals surface area contributed by atoms with Crippen molar-refractivity contribution in [3.63, 3.8) is 0 Å². The maximum atomic E-state index is 10.1. The summed E-state index contributed by atoms with van der Waals surface area (Å²) in [7, 11) is 0. The lowest BCUT2D eigenvalue weighted by molar-refractivity contribution is 0.186. The maximum Gasteiger partial charge on any atom is 0.223 e. The van der Waals surface area contributed by atoms with Gasteiger partial charge in [0.15, 0.2) is 4.33 Å². The van der Waals surface area contributed by atoms with Crippen LogP contribution in [0.25, 0.3) is 0 Å². The molecule has 0 N–H and O–H groups in total. The van der Waals surface area contributed by atoms with Gasteiger partial charge >= 0.3 is 0 Å². The normalized spacial score (nSPS) is 13.3. The zero-order valence-corrected chi connectivity index (χ0v) is 11.3. The highest BCUT2D eigenvalue weighted by Gasteiger charge is 2.44. The second-order valence-corrected chi connectivity index (χ2v) is 6.84. The zero-order valence-electron chi connectivity index (χ0n) is 7.54. The first-order valence-electron chi connectivity index (χ1n) is 4.34. The number of alkyl halides is 5. The van der Waals surface area contributed by atoms with Crippen LogP contribution in [0.4, 0.5) is 0 Å². The molecule has 0 unspecified atom stereocenters. The fourth-order valence-electron chi connectivity index (χ4n) is 0.944. The Morgan fingerprint density at radius 1 is 0.786 bits per heavy atom. The van der Waals surface area contributed by atoms with Gasteiger partial charge in [-0.2, -0.15) is 0 Å². The molecule has 1 radical (unpaired) electrons. The minimum Gasteiger partial charge on any atom is -0.237 e. The van der Waals surface area contributed by atoms with Crippen molar-refractivity contribution >= 4 is 58.0 Å². The molecular formula is C8H12Cl5O. The second kappa shape index (κ2) is 6.88. The van der Waals surface area contributed by atoms with E-state index in [-0.39, 0.29) is 6.61 Å². The van der Waals surface area contributed by atoms with Crippen molar-refractivity contribution in [3.8, 4) is 0 Å². The molecule has 0 saturated carbocycles. The van der Waals surface area contributed by atoms with Crippen LogP contribution >= 0.6 is 58.0 Å². The van der Waals surface area contributed by atoms with Crippen LogP contribution in [0.3, 0.4) is 0 Å². The molecule has 0 aromatic rings. The van der Waals surface area contributed by atoms with Crippen molar-refractivity contribution in [1.29, 1.82) is 0 Å². The van der Waals surface area contributed by atoms with E-state index in [4.69, 9.17) is 58.0 Å². The molecule has 85 valence electrons. The molecule has 0 atom stereocenters. The van der Waals surface area contributed by atoms with Gasteiger partial charge in [0.2, 0.25) is 3.79 Å². The Balaban J connectivity index is 3.67. The monoisotopic (exact) mass is 299 g/mol. The minimum atomic E-state index is -1.67. The third-order valence-corrected chi connectivity index (χ3v) is 4.29. The molecule has 1 nitrogen and oxygen atoms in total. The van der Waals surface area contributed by atoms with Crippen LogP contribution in [0.1, 0.15) is 32.1 Å². The Hall–Kier alpha value is 1.41. The fourth-order valence-corrected chi connectivity index (χ4v) is 1.50. The van der Waals surface area contributed by atoms with Crippen molar-refractivity contribution in [3.05, 3.63) is 0 Å². The molecule has 0 rings (SSSR count). The van der Waals surface area contributed by atoms with Crippen molar-refractivity contribution in [2.45, 2.75) is 40.2 Å². The molecule has 0 aliphatic rings. The first kappa shape index (κ1) is 15.4. The molecule has 0 aromatic carbocycles. The Bertz CT molecular complexity index is 154. The lowest BCUT2D eigenvalue weighted by Crippen LogP contribution is -2.30. The zero-order chi connectivity index (χ0) is 11.2. The highest BCUT2D eigenvalue weighted by atomic mass is 35.6. The van der Waals surface area contributed by atoms with E-state index in [1.54, 1.807) is 0 Å². The van der Waals surface area contributed by atoms with E-state index in [1.165, 1.54) is 0 Å². The summed E-state index contributed by atoms with van der Waals surface area (Å²) in [5.41, 5.74) is 0. The van der Waals surface area contributed by atoms with Gasteiger partial charge in [-0.25, -0.2) is 5.11 Å². The number of halogens is 5. The molecule has 0 aliphatic carbocycles. The van der Waals surface area contributed by atoms with E-state index in [1.807, 2.05) is 0 Å². The van der Waals surface area contributed by atoms with Crippen LogP contribution in [0.5, 0.6) is 0 Å². The second-order valence-electron chi connectivity index (χ2n) is 3.07. The molecule has 0 fully saturated rings. The quantitative estimate of drug-likeness (QED) is 0.490. The van der Waals surface area contributed by atoms with Gasteiger partial charge in [-0.05, 0) is 12.8 Å². The van der Waals surface area contributed by atoms with Crippen molar-refractivity contribution in [1.82, 2.24) is 0 Å². The number of hydrogen-bond donors (Lipinski definition) is 0. The summed E-state index contributed by atoms with van der Waals surface area (Å²) in [5.74, 6) is 0. The number of rotatable bonds is 6. The Labute approximate surface area is 110 Å². The highest BCUT2D eigenvalue weighted by Crippen LogP contribution is 2.48. The largest absolute Gasteiger partial charge is 0.237 e. The molecule has 0 aliphatic heterocycles. The van der Waals surface area contributed by atoms with E-state index >= 15 is 0 Å². The van der Waals surface area contributed by atoms with Crippen molar-refractivity contribution in [2.24, 2.45) is 0 Å². The summed E-state index contributed by atoms with van der Waals surface area (Å²) in [6.07, 6.45) is 3.58. The van der Waals surface area contributed by atoms with Gasteiger partial charge in [0.25, 0.3) is 0 Å². The molecule has 0 bridgehead atoms. The minimum absolute atomic E-state index is 0.0443. The van der Waals surface area contributed by atoms with Gasteiger partial charge in [-0.3, -0.25) is 0 Å². The molecular weight excluding hydrogens is 289 g/mol. The predicted molar refractivity (Wildman–Crippen MR) is 63.4 cm³/mol. The van der Waals surface area contributed by atoms with E-state index in [0.29, 0.717) is 12.8 Å². The third kappa shape index (κ3) is 6.09. The van der Waals surface area contributed by atoms with E-state index in [9.17, 15) is 5.11 Å². The van der Waals surface area contributed by atoms with E-state index < -0.39 is 8.13 Å². The first-order chi connectivity index (χ1) is 6.31. The van der Waals surface area contributed by atoms with Gasteiger partial charge in [0.1, 0.15) is 0 Å².